The van der Waals surface area contributed by atoms with Crippen LogP contribution in [-0.4, -0.2) is 128 Å². The van der Waals surface area contributed by atoms with E-state index < -0.39 is 105 Å². The van der Waals surface area contributed by atoms with Crippen LogP contribution in [0.25, 0.3) is 0 Å². The van der Waals surface area contributed by atoms with Gasteiger partial charge >= 0.3 is 17.9 Å². The van der Waals surface area contributed by atoms with E-state index in [-0.39, 0.29) is 43.1 Å². The van der Waals surface area contributed by atoms with Crippen molar-refractivity contribution in [1.82, 2.24) is 0 Å². The molecule has 0 bridgehead atoms. The Hall–Kier alpha value is -6.15. The zero-order chi connectivity index (χ0) is 49.4. The molecule has 3 saturated heterocycles. The minimum absolute atomic E-state index is 0.0701. The summed E-state index contributed by atoms with van der Waals surface area (Å²) in [6.07, 6.45) is -11.5. The van der Waals surface area contributed by atoms with Gasteiger partial charge in [-0.05, 0) is 60.4 Å². The van der Waals surface area contributed by atoms with Gasteiger partial charge in [-0.15, -0.1) is 6.58 Å². The number of aliphatic hydroxyl groups is 2. The molecule has 0 saturated carbocycles. The first-order valence-electron chi connectivity index (χ1n) is 23.6. The molecule has 2 N–H and O–H groups in total. The van der Waals surface area contributed by atoms with Gasteiger partial charge in [0.05, 0.1) is 56.3 Å². The maximum Gasteiger partial charge on any atom is 0.338 e. The van der Waals surface area contributed by atoms with Gasteiger partial charge < -0.3 is 62.3 Å². The Labute approximate surface area is 411 Å². The fourth-order valence-corrected chi connectivity index (χ4v) is 8.43. The Bertz CT molecular complexity index is 2410. The molecule has 0 spiro atoms. The van der Waals surface area contributed by atoms with Gasteiger partial charge in [0.2, 0.25) is 0 Å². The molecule has 12 unspecified atom stereocenters. The van der Waals surface area contributed by atoms with Gasteiger partial charge in [-0.3, -0.25) is 0 Å². The van der Waals surface area contributed by atoms with Crippen LogP contribution in [0.15, 0.2) is 164 Å². The highest BCUT2D eigenvalue weighted by atomic mass is 16.8. The van der Waals surface area contributed by atoms with E-state index in [0.29, 0.717) is 12.8 Å². The van der Waals surface area contributed by atoms with Crippen molar-refractivity contribution in [3.8, 4) is 0 Å². The van der Waals surface area contributed by atoms with Gasteiger partial charge in [0.15, 0.2) is 37.2 Å². The van der Waals surface area contributed by atoms with Crippen LogP contribution in [0.4, 0.5) is 0 Å². The number of carbonyl (C=O) groups excluding carboxylic acids is 3. The summed E-state index contributed by atoms with van der Waals surface area (Å²) in [6.45, 7) is 2.71. The van der Waals surface area contributed by atoms with Crippen LogP contribution in [0, 0.1) is 0 Å². The monoisotopic (exact) mass is 974 g/mol. The second-order valence-electron chi connectivity index (χ2n) is 17.0. The van der Waals surface area contributed by atoms with Crippen molar-refractivity contribution in [1.29, 1.82) is 0 Å². The number of hydrogen-bond donors (Lipinski definition) is 2. The van der Waals surface area contributed by atoms with Gasteiger partial charge in [0.1, 0.15) is 36.6 Å². The smallest absolute Gasteiger partial charge is 0.338 e. The second kappa shape index (κ2) is 25.8. The SMILES string of the molecule is C=CCCCOC1OC(COC2OC(CO)C(OCc3ccccc3)C2OC(=O)c2ccccc2)C(OC2OC(CO)C(OCc3ccccc3)C2OC(=O)c2ccccc2)C1OC(=O)c1ccccc1. The summed E-state index contributed by atoms with van der Waals surface area (Å²) in [7, 11) is 0. The topological polar surface area (TPSA) is 193 Å². The van der Waals surface area contributed by atoms with E-state index in [4.69, 9.17) is 52.1 Å². The third kappa shape index (κ3) is 13.4. The molecular formula is C55H58O16. The number of allylic oxidation sites excluding steroid dienone is 1. The molecule has 374 valence electrons. The van der Waals surface area contributed by atoms with Crippen molar-refractivity contribution in [3.05, 3.63) is 192 Å². The minimum Gasteiger partial charge on any atom is -0.450 e. The van der Waals surface area contributed by atoms with Gasteiger partial charge in [-0.2, -0.15) is 0 Å². The molecule has 0 aliphatic carbocycles. The van der Waals surface area contributed by atoms with Crippen LogP contribution in [0.2, 0.25) is 0 Å². The molecule has 16 nitrogen and oxygen atoms in total. The Morgan fingerprint density at radius 3 is 1.28 bits per heavy atom. The van der Waals surface area contributed by atoms with E-state index in [1.807, 2.05) is 60.7 Å². The summed E-state index contributed by atoms with van der Waals surface area (Å²) in [5, 5.41) is 21.3. The lowest BCUT2D eigenvalue weighted by Gasteiger charge is -2.30. The third-order valence-corrected chi connectivity index (χ3v) is 12.0. The summed E-state index contributed by atoms with van der Waals surface area (Å²) < 4.78 is 69.9. The zero-order valence-corrected chi connectivity index (χ0v) is 38.9. The first-order valence-corrected chi connectivity index (χ1v) is 23.6. The summed E-state index contributed by atoms with van der Waals surface area (Å²) in [4.78, 5) is 41.5. The second-order valence-corrected chi connectivity index (χ2v) is 17.0. The Balaban J connectivity index is 1.11. The standard InChI is InChI=1S/C55H58O16/c1-2-3-19-30-61-53-49(70-52(60)40-28-17-8-18-29-40)46(71-55-48(69-51(59)39-26-15-7-16-27-39)45(42(32-57)66-55)63-34-37-22-11-5-12-23-37)43(67-53)35-64-54-47(68-50(58)38-24-13-6-14-25-38)44(41(31-56)65-54)62-33-36-20-9-4-10-21-36/h2,4-18,20-29,41-49,53-57H,1,3,19,30-35H2. The summed E-state index contributed by atoms with van der Waals surface area (Å²) in [6, 6.07) is 43.7. The predicted octanol–water partition coefficient (Wildman–Crippen LogP) is 6.38. The normalized spacial score (nSPS) is 27.0. The number of hydrogen-bond acceptors (Lipinski definition) is 16. The molecule has 3 heterocycles. The van der Waals surface area contributed by atoms with Crippen LogP contribution >= 0.6 is 0 Å². The van der Waals surface area contributed by atoms with Crippen LogP contribution in [-0.2, 0) is 65.3 Å². The first-order chi connectivity index (χ1) is 34.8. The lowest BCUT2D eigenvalue weighted by molar-refractivity contribution is -0.227. The fraction of sp³-hybridized carbons (Fsp3) is 0.364. The molecule has 3 fully saturated rings. The lowest BCUT2D eigenvalue weighted by atomic mass is 10.1. The van der Waals surface area contributed by atoms with Crippen molar-refractivity contribution in [2.24, 2.45) is 0 Å². The number of rotatable bonds is 24. The van der Waals surface area contributed by atoms with E-state index in [1.165, 1.54) is 0 Å². The van der Waals surface area contributed by atoms with Gasteiger partial charge in [0, 0.05) is 0 Å². The summed E-state index contributed by atoms with van der Waals surface area (Å²) in [5.74, 6) is -2.12. The van der Waals surface area contributed by atoms with Gasteiger partial charge in [-0.25, -0.2) is 14.4 Å². The highest BCUT2D eigenvalue weighted by Crippen LogP contribution is 2.37. The molecule has 0 aromatic heterocycles. The molecule has 3 aliphatic heterocycles. The van der Waals surface area contributed by atoms with Crippen molar-refractivity contribution >= 4 is 17.9 Å². The maximum atomic E-state index is 14.0. The Morgan fingerprint density at radius 1 is 0.465 bits per heavy atom. The van der Waals surface area contributed by atoms with Crippen molar-refractivity contribution in [2.75, 3.05) is 26.4 Å². The third-order valence-electron chi connectivity index (χ3n) is 12.0. The molecule has 3 aliphatic rings. The molecule has 0 amide bonds. The molecule has 0 radical (unpaired) electrons. The molecule has 8 rings (SSSR count). The van der Waals surface area contributed by atoms with Gasteiger partial charge in [-0.1, -0.05) is 121 Å². The van der Waals surface area contributed by atoms with E-state index in [2.05, 4.69) is 6.58 Å². The molecule has 16 heteroatoms. The predicted molar refractivity (Wildman–Crippen MR) is 253 cm³/mol. The van der Waals surface area contributed by atoms with Gasteiger partial charge in [0.25, 0.3) is 0 Å². The van der Waals surface area contributed by atoms with Crippen LogP contribution in [0.5, 0.6) is 0 Å². The largest absolute Gasteiger partial charge is 0.450 e. The number of esters is 3. The van der Waals surface area contributed by atoms with E-state index in [0.717, 1.165) is 11.1 Å². The number of aliphatic hydroxyl groups excluding tert-OH is 2. The van der Waals surface area contributed by atoms with Crippen molar-refractivity contribution in [2.45, 2.75) is 99.9 Å². The molecule has 5 aromatic carbocycles. The number of benzene rings is 5. The van der Waals surface area contributed by atoms with E-state index in [9.17, 15) is 24.6 Å². The van der Waals surface area contributed by atoms with Crippen molar-refractivity contribution < 1.29 is 76.7 Å². The lowest BCUT2D eigenvalue weighted by Crippen LogP contribution is -2.47. The number of ether oxygens (including phenoxy) is 11. The van der Waals surface area contributed by atoms with Crippen LogP contribution in [0.1, 0.15) is 55.0 Å². The molecule has 12 atom stereocenters. The highest BCUT2D eigenvalue weighted by Gasteiger charge is 2.56. The van der Waals surface area contributed by atoms with Crippen molar-refractivity contribution in [3.63, 3.8) is 0 Å². The summed E-state index contributed by atoms with van der Waals surface area (Å²) >= 11 is 0. The summed E-state index contributed by atoms with van der Waals surface area (Å²) in [5.41, 5.74) is 2.38. The highest BCUT2D eigenvalue weighted by molar-refractivity contribution is 5.90. The maximum absolute atomic E-state index is 14.0. The van der Waals surface area contributed by atoms with E-state index >= 15 is 0 Å². The molecule has 5 aromatic rings. The van der Waals surface area contributed by atoms with Crippen LogP contribution in [0.3, 0.4) is 0 Å². The molecular weight excluding hydrogens is 917 g/mol. The number of unbranched alkanes of at least 4 members (excludes halogenated alkanes) is 1. The average Bonchev–Trinajstić information content (AvgIpc) is 4.05. The molecule has 71 heavy (non-hydrogen) atoms. The minimum atomic E-state index is -1.45. The Morgan fingerprint density at radius 2 is 0.845 bits per heavy atom. The number of carbonyl (C=O) groups is 3. The quantitative estimate of drug-likeness (QED) is 0.0299. The van der Waals surface area contributed by atoms with Crippen LogP contribution < -0.4 is 0 Å². The van der Waals surface area contributed by atoms with E-state index in [1.54, 1.807) is 97.1 Å². The fourth-order valence-electron chi connectivity index (χ4n) is 8.43. The first kappa shape index (κ1) is 51.2. The average molecular weight is 975 g/mol. The zero-order valence-electron chi connectivity index (χ0n) is 38.9. The Kier molecular flexibility index (Phi) is 18.6.